The standard InChI is InChI=1S/C8H15NO2.C3H8.C2H6/c1-6-2-8(3-6,5-9)4-7(10)11;1-3-2;1-2/h6H,2-5,9H2,1H3,(H,10,11);3H2,1-2H3;1-2H3. The summed E-state index contributed by atoms with van der Waals surface area (Å²) in [5.74, 6) is -0.0553. The lowest BCUT2D eigenvalue weighted by Crippen LogP contribution is -2.43. The number of hydrogen-bond donors (Lipinski definition) is 2. The SMILES string of the molecule is CC.CC1CC(CN)(CC(=O)O)C1.CCC. The first-order chi connectivity index (χ1) is 7.49. The fourth-order valence-electron chi connectivity index (χ4n) is 2.12. The van der Waals surface area contributed by atoms with Crippen molar-refractivity contribution in [3.05, 3.63) is 0 Å². The zero-order valence-electron chi connectivity index (χ0n) is 11.5. The molecule has 1 aliphatic carbocycles. The molecule has 0 aliphatic heterocycles. The lowest BCUT2D eigenvalue weighted by atomic mass is 9.61. The highest BCUT2D eigenvalue weighted by molar-refractivity contribution is 5.68. The number of rotatable bonds is 3. The van der Waals surface area contributed by atoms with Crippen LogP contribution in [-0.4, -0.2) is 17.6 Å². The summed E-state index contributed by atoms with van der Waals surface area (Å²) in [4.78, 5) is 10.4. The van der Waals surface area contributed by atoms with E-state index in [0.717, 1.165) is 12.8 Å². The lowest BCUT2D eigenvalue weighted by Gasteiger charge is -2.44. The Balaban J connectivity index is 0. The Morgan fingerprint density at radius 2 is 1.75 bits per heavy atom. The molecule has 0 saturated heterocycles. The van der Waals surface area contributed by atoms with Crippen molar-refractivity contribution in [2.24, 2.45) is 17.1 Å². The normalized spacial score (nSPS) is 26.5. The number of carbonyl (C=O) groups is 1. The largest absolute Gasteiger partial charge is 0.481 e. The number of hydrogen-bond acceptors (Lipinski definition) is 2. The molecule has 0 unspecified atom stereocenters. The molecule has 1 saturated carbocycles. The van der Waals surface area contributed by atoms with Crippen molar-refractivity contribution in [3.8, 4) is 0 Å². The summed E-state index contributed by atoms with van der Waals surface area (Å²) in [5, 5.41) is 8.58. The molecule has 0 aromatic heterocycles. The molecule has 1 aliphatic rings. The van der Waals surface area contributed by atoms with Crippen molar-refractivity contribution in [3.63, 3.8) is 0 Å². The van der Waals surface area contributed by atoms with Gasteiger partial charge in [0.05, 0.1) is 6.42 Å². The molecule has 3 N–H and O–H groups in total. The zero-order valence-corrected chi connectivity index (χ0v) is 11.5. The van der Waals surface area contributed by atoms with E-state index in [1.54, 1.807) is 0 Å². The van der Waals surface area contributed by atoms with E-state index in [9.17, 15) is 4.79 Å². The van der Waals surface area contributed by atoms with E-state index >= 15 is 0 Å². The van der Waals surface area contributed by atoms with Crippen molar-refractivity contribution < 1.29 is 9.90 Å². The average Bonchev–Trinajstić information content (AvgIpc) is 2.18. The van der Waals surface area contributed by atoms with Crippen molar-refractivity contribution in [2.75, 3.05) is 6.54 Å². The first-order valence-electron chi connectivity index (χ1n) is 6.41. The number of carboxylic acids is 1. The van der Waals surface area contributed by atoms with E-state index in [2.05, 4.69) is 20.8 Å². The van der Waals surface area contributed by atoms with E-state index in [1.165, 1.54) is 6.42 Å². The van der Waals surface area contributed by atoms with Gasteiger partial charge in [-0.15, -0.1) is 0 Å². The van der Waals surface area contributed by atoms with Crippen molar-refractivity contribution in [1.29, 1.82) is 0 Å². The zero-order chi connectivity index (χ0) is 13.2. The van der Waals surface area contributed by atoms with Gasteiger partial charge in [0.15, 0.2) is 0 Å². The van der Waals surface area contributed by atoms with Crippen LogP contribution in [0.5, 0.6) is 0 Å². The average molecular weight is 231 g/mol. The number of carboxylic acid groups (broad SMARTS) is 1. The molecule has 0 spiro atoms. The predicted molar refractivity (Wildman–Crippen MR) is 69.5 cm³/mol. The molecule has 3 heteroatoms. The van der Waals surface area contributed by atoms with Gasteiger partial charge in [0.25, 0.3) is 0 Å². The lowest BCUT2D eigenvalue weighted by molar-refractivity contribution is -0.142. The highest BCUT2D eigenvalue weighted by Gasteiger charge is 2.42. The Bertz CT molecular complexity index is 175. The molecule has 0 aromatic carbocycles. The van der Waals surface area contributed by atoms with E-state index in [1.807, 2.05) is 13.8 Å². The van der Waals surface area contributed by atoms with Gasteiger partial charge >= 0.3 is 5.97 Å². The van der Waals surface area contributed by atoms with Gasteiger partial charge in [-0.25, -0.2) is 0 Å². The summed E-state index contributed by atoms with van der Waals surface area (Å²) in [6.07, 6.45) is 3.46. The maximum Gasteiger partial charge on any atom is 0.303 e. The van der Waals surface area contributed by atoms with Gasteiger partial charge in [0.1, 0.15) is 0 Å². The van der Waals surface area contributed by atoms with Crippen molar-refractivity contribution >= 4 is 5.97 Å². The highest BCUT2D eigenvalue weighted by atomic mass is 16.4. The summed E-state index contributed by atoms with van der Waals surface area (Å²) in [5.41, 5.74) is 5.45. The quantitative estimate of drug-likeness (QED) is 0.783. The van der Waals surface area contributed by atoms with E-state index in [0.29, 0.717) is 12.5 Å². The summed E-state index contributed by atoms with van der Waals surface area (Å²) >= 11 is 0. The Kier molecular flexibility index (Phi) is 10.7. The minimum absolute atomic E-state index is 0.0642. The van der Waals surface area contributed by atoms with E-state index in [-0.39, 0.29) is 11.8 Å². The van der Waals surface area contributed by atoms with E-state index in [4.69, 9.17) is 10.8 Å². The van der Waals surface area contributed by atoms with Crippen LogP contribution in [0.1, 0.15) is 60.3 Å². The molecule has 0 atom stereocenters. The van der Waals surface area contributed by atoms with Gasteiger partial charge in [-0.3, -0.25) is 4.79 Å². The maximum atomic E-state index is 10.4. The van der Waals surface area contributed by atoms with Crippen LogP contribution in [0.25, 0.3) is 0 Å². The topological polar surface area (TPSA) is 63.3 Å². The van der Waals surface area contributed by atoms with E-state index < -0.39 is 5.97 Å². The minimum Gasteiger partial charge on any atom is -0.481 e. The molecule has 16 heavy (non-hydrogen) atoms. The van der Waals surface area contributed by atoms with Crippen LogP contribution in [0.4, 0.5) is 0 Å². The second-order valence-corrected chi connectivity index (χ2v) is 4.50. The van der Waals surface area contributed by atoms with Crippen molar-refractivity contribution in [1.82, 2.24) is 0 Å². The molecule has 1 rings (SSSR count). The summed E-state index contributed by atoms with van der Waals surface area (Å²) in [6, 6.07) is 0. The first kappa shape index (κ1) is 17.8. The molecule has 0 radical (unpaired) electrons. The predicted octanol–water partition coefficient (Wildman–Crippen LogP) is 3.28. The summed E-state index contributed by atoms with van der Waals surface area (Å²) < 4.78 is 0. The minimum atomic E-state index is -0.720. The van der Waals surface area contributed by atoms with Crippen LogP contribution in [0, 0.1) is 11.3 Å². The van der Waals surface area contributed by atoms with Crippen molar-refractivity contribution in [2.45, 2.75) is 60.3 Å². The molecule has 0 bridgehead atoms. The third-order valence-electron chi connectivity index (χ3n) is 2.52. The molecule has 3 nitrogen and oxygen atoms in total. The van der Waals surface area contributed by atoms with Crippen LogP contribution < -0.4 is 5.73 Å². The van der Waals surface area contributed by atoms with Crippen LogP contribution in [0.15, 0.2) is 0 Å². The molecule has 0 heterocycles. The van der Waals surface area contributed by atoms with Crippen LogP contribution in [0.3, 0.4) is 0 Å². The number of aliphatic carboxylic acids is 1. The van der Waals surface area contributed by atoms with Gasteiger partial charge < -0.3 is 10.8 Å². The van der Waals surface area contributed by atoms with Gasteiger partial charge in [0.2, 0.25) is 0 Å². The van der Waals surface area contributed by atoms with Crippen LogP contribution in [-0.2, 0) is 4.79 Å². The van der Waals surface area contributed by atoms with Gasteiger partial charge in [-0.05, 0) is 30.7 Å². The van der Waals surface area contributed by atoms with Gasteiger partial charge in [-0.1, -0.05) is 41.0 Å². The second kappa shape index (κ2) is 9.64. The number of nitrogens with two attached hydrogens (primary N) is 1. The Morgan fingerprint density at radius 3 is 1.94 bits per heavy atom. The fourth-order valence-corrected chi connectivity index (χ4v) is 2.12. The summed E-state index contributed by atoms with van der Waals surface area (Å²) in [6.45, 7) is 10.9. The van der Waals surface area contributed by atoms with Gasteiger partial charge in [0, 0.05) is 0 Å². The molecule has 0 amide bonds. The third kappa shape index (κ3) is 6.83. The Hall–Kier alpha value is -0.570. The fraction of sp³-hybridized carbons (Fsp3) is 0.923. The Labute approximate surface area is 100 Å². The molecule has 1 fully saturated rings. The van der Waals surface area contributed by atoms with Gasteiger partial charge in [-0.2, -0.15) is 0 Å². The molecule has 98 valence electrons. The summed E-state index contributed by atoms with van der Waals surface area (Å²) in [7, 11) is 0. The van der Waals surface area contributed by atoms with Crippen LogP contribution in [0.2, 0.25) is 0 Å². The second-order valence-electron chi connectivity index (χ2n) is 4.50. The molecule has 0 aromatic rings. The van der Waals surface area contributed by atoms with Crippen LogP contribution >= 0.6 is 0 Å². The maximum absolute atomic E-state index is 10.4. The molecular weight excluding hydrogens is 202 g/mol. The third-order valence-corrected chi connectivity index (χ3v) is 2.52. The Morgan fingerprint density at radius 1 is 1.38 bits per heavy atom. The smallest absolute Gasteiger partial charge is 0.303 e. The monoisotopic (exact) mass is 231 g/mol. The highest BCUT2D eigenvalue weighted by Crippen LogP contribution is 2.47. The first-order valence-corrected chi connectivity index (χ1v) is 6.41. The molecular formula is C13H29NO2.